The molecule has 0 saturated carbocycles. The van der Waals surface area contributed by atoms with Crippen LogP contribution in [0.2, 0.25) is 0 Å². The number of allylic oxidation sites excluding steroid dienone is 14. The number of esters is 2. The topological polar surface area (TPSA) is 155 Å². The van der Waals surface area contributed by atoms with Crippen LogP contribution in [-0.2, 0) is 32.7 Å². The summed E-state index contributed by atoms with van der Waals surface area (Å²) in [6.45, 7) is 3.37. The Kier molecular flexibility index (Phi) is 41.7. The van der Waals surface area contributed by atoms with Crippen molar-refractivity contribution in [2.75, 3.05) is 26.4 Å². The van der Waals surface area contributed by atoms with Gasteiger partial charge in [0, 0.05) is 19.4 Å². The van der Waals surface area contributed by atoms with Crippen molar-refractivity contribution >= 4 is 19.8 Å². The third-order valence-corrected chi connectivity index (χ3v) is 10.0. The highest BCUT2D eigenvalue weighted by molar-refractivity contribution is 7.47. The van der Waals surface area contributed by atoms with E-state index in [0.717, 1.165) is 57.8 Å². The summed E-state index contributed by atoms with van der Waals surface area (Å²) in [5, 5.41) is 10.2. The smallest absolute Gasteiger partial charge is 0.462 e. The predicted octanol–water partition coefficient (Wildman–Crippen LogP) is 12.4. The second-order valence-corrected chi connectivity index (χ2v) is 16.2. The van der Waals surface area contributed by atoms with E-state index >= 15 is 0 Å². The van der Waals surface area contributed by atoms with Crippen LogP contribution in [0.1, 0.15) is 162 Å². The third-order valence-electron chi connectivity index (χ3n) is 9.05. The Labute approximate surface area is 364 Å². The Morgan fingerprint density at radius 3 is 1.77 bits per heavy atom. The van der Waals surface area contributed by atoms with Crippen LogP contribution in [0.3, 0.4) is 0 Å². The zero-order chi connectivity index (χ0) is 44.0. The molecule has 0 spiro atoms. The SMILES string of the molecule is CC/C=C\C/C=C\C/C=C\C/C=C\C=C/C(O)C/C=C\CCC(=O)O[C@H](COC(=O)CCCCCCCCCCC/C=C\C/C=C\CCCCC)COP(=O)(O)OCCN. The standard InChI is InChI=1S/C49H82NO9P/c1-3-5-7-9-11-13-15-17-18-19-20-21-22-24-26-28-30-32-36-40-48(52)56-44-47(45-58-60(54,55)57-43-42-50)59-49(53)41-37-33-35-39-46(51)38-34-31-29-27-25-23-16-14-12-10-8-6-4-2/h6,8,11-14,17-18,23,25,29,31,33-35,38,46-47,51H,3-5,7,9-10,15-16,19-22,24,26-28,30,32,36-37,39-45,50H2,1-2H3,(H,54,55)/b8-6-,13-11-,14-12-,18-17-,25-23-,31-29-,35-33-,38-34-/t46?,47-/m1/s1. The van der Waals surface area contributed by atoms with Crippen LogP contribution in [0, 0.1) is 0 Å². The van der Waals surface area contributed by atoms with Crippen LogP contribution < -0.4 is 5.73 Å². The Morgan fingerprint density at radius 2 is 1.15 bits per heavy atom. The van der Waals surface area contributed by atoms with Crippen LogP contribution in [0.4, 0.5) is 0 Å². The first-order valence-electron chi connectivity index (χ1n) is 22.8. The largest absolute Gasteiger partial charge is 0.472 e. The summed E-state index contributed by atoms with van der Waals surface area (Å²) in [5.74, 6) is -1.02. The molecule has 0 aliphatic rings. The van der Waals surface area contributed by atoms with Gasteiger partial charge in [-0.1, -0.05) is 169 Å². The summed E-state index contributed by atoms with van der Waals surface area (Å²) < 4.78 is 32.7. The van der Waals surface area contributed by atoms with Crippen LogP contribution in [0.15, 0.2) is 97.2 Å². The summed E-state index contributed by atoms with van der Waals surface area (Å²) in [6.07, 6.45) is 53.3. The van der Waals surface area contributed by atoms with Crippen LogP contribution >= 0.6 is 7.82 Å². The number of nitrogens with two attached hydrogens (primary N) is 1. The van der Waals surface area contributed by atoms with Gasteiger partial charge in [-0.3, -0.25) is 18.6 Å². The van der Waals surface area contributed by atoms with Crippen LogP contribution in [0.25, 0.3) is 0 Å². The fourth-order valence-electron chi connectivity index (χ4n) is 5.66. The quantitative estimate of drug-likeness (QED) is 0.0178. The molecule has 4 N–H and O–H groups in total. The molecule has 0 bridgehead atoms. The van der Waals surface area contributed by atoms with E-state index in [1.54, 1.807) is 18.2 Å². The zero-order valence-corrected chi connectivity index (χ0v) is 38.2. The molecule has 342 valence electrons. The lowest BCUT2D eigenvalue weighted by Crippen LogP contribution is -2.29. The monoisotopic (exact) mass is 860 g/mol. The van der Waals surface area contributed by atoms with E-state index in [0.29, 0.717) is 19.3 Å². The first kappa shape index (κ1) is 56.9. The van der Waals surface area contributed by atoms with Gasteiger partial charge in [-0.15, -0.1) is 0 Å². The lowest BCUT2D eigenvalue weighted by Gasteiger charge is -2.19. The number of rotatable bonds is 41. The molecule has 0 amide bonds. The number of carbonyl (C=O) groups is 2. The van der Waals surface area contributed by atoms with E-state index in [4.69, 9.17) is 24.3 Å². The van der Waals surface area contributed by atoms with Gasteiger partial charge in [-0.05, 0) is 77.0 Å². The fraction of sp³-hybridized carbons (Fsp3) is 0.633. The average molecular weight is 860 g/mol. The normalized spacial score (nSPS) is 14.7. The van der Waals surface area contributed by atoms with Crippen molar-refractivity contribution in [1.29, 1.82) is 0 Å². The highest BCUT2D eigenvalue weighted by Gasteiger charge is 2.25. The maximum absolute atomic E-state index is 12.6. The molecule has 0 radical (unpaired) electrons. The van der Waals surface area contributed by atoms with Gasteiger partial charge >= 0.3 is 19.8 Å². The number of aliphatic hydroxyl groups excluding tert-OH is 1. The molecule has 0 aromatic heterocycles. The number of phosphoric ester groups is 1. The van der Waals surface area contributed by atoms with Crippen molar-refractivity contribution in [2.45, 2.75) is 174 Å². The van der Waals surface area contributed by atoms with Gasteiger partial charge in [0.15, 0.2) is 6.10 Å². The molecule has 0 aliphatic heterocycles. The molecule has 0 heterocycles. The fourth-order valence-corrected chi connectivity index (χ4v) is 6.42. The van der Waals surface area contributed by atoms with Crippen molar-refractivity contribution in [3.8, 4) is 0 Å². The van der Waals surface area contributed by atoms with Crippen molar-refractivity contribution in [2.24, 2.45) is 5.73 Å². The van der Waals surface area contributed by atoms with Crippen molar-refractivity contribution < 1.29 is 42.7 Å². The molecule has 10 nitrogen and oxygen atoms in total. The second-order valence-electron chi connectivity index (χ2n) is 14.7. The Morgan fingerprint density at radius 1 is 0.600 bits per heavy atom. The molecule has 0 aromatic carbocycles. The number of unbranched alkanes of at least 4 members (excludes halogenated alkanes) is 12. The highest BCUT2D eigenvalue weighted by atomic mass is 31.2. The second kappa shape index (κ2) is 44.0. The van der Waals surface area contributed by atoms with E-state index in [1.807, 2.05) is 18.2 Å². The molecular weight excluding hydrogens is 778 g/mol. The molecule has 2 unspecified atom stereocenters. The predicted molar refractivity (Wildman–Crippen MR) is 248 cm³/mol. The first-order valence-corrected chi connectivity index (χ1v) is 24.3. The summed E-state index contributed by atoms with van der Waals surface area (Å²) in [7, 11) is -4.44. The molecular formula is C49H82NO9P. The van der Waals surface area contributed by atoms with Crippen molar-refractivity contribution in [3.63, 3.8) is 0 Å². The third kappa shape index (κ3) is 43.0. The Bertz CT molecular complexity index is 1320. The number of aliphatic hydroxyl groups is 1. The number of ether oxygens (including phenoxy) is 2. The molecule has 3 atom stereocenters. The lowest BCUT2D eigenvalue weighted by molar-refractivity contribution is -0.161. The minimum Gasteiger partial charge on any atom is -0.462 e. The first-order chi connectivity index (χ1) is 29.2. The van der Waals surface area contributed by atoms with E-state index in [2.05, 4.69) is 74.6 Å². The summed E-state index contributed by atoms with van der Waals surface area (Å²) >= 11 is 0. The summed E-state index contributed by atoms with van der Waals surface area (Å²) in [4.78, 5) is 34.9. The molecule has 0 aliphatic carbocycles. The van der Waals surface area contributed by atoms with E-state index in [9.17, 15) is 24.2 Å². The summed E-state index contributed by atoms with van der Waals surface area (Å²) in [6, 6.07) is 0. The molecule has 0 saturated heterocycles. The lowest BCUT2D eigenvalue weighted by atomic mass is 10.1. The van der Waals surface area contributed by atoms with Crippen molar-refractivity contribution in [3.05, 3.63) is 97.2 Å². The molecule has 0 aromatic rings. The number of phosphoric acid groups is 1. The van der Waals surface area contributed by atoms with Gasteiger partial charge in [0.1, 0.15) is 6.61 Å². The van der Waals surface area contributed by atoms with E-state index in [1.165, 1.54) is 57.8 Å². The minimum absolute atomic E-state index is 0.0179. The van der Waals surface area contributed by atoms with Crippen LogP contribution in [-0.4, -0.2) is 60.5 Å². The molecule has 0 rings (SSSR count). The van der Waals surface area contributed by atoms with Gasteiger partial charge in [-0.25, -0.2) is 4.57 Å². The van der Waals surface area contributed by atoms with Gasteiger partial charge in [0.05, 0.1) is 19.3 Å². The van der Waals surface area contributed by atoms with E-state index < -0.39 is 38.6 Å². The van der Waals surface area contributed by atoms with Gasteiger partial charge in [-0.2, -0.15) is 0 Å². The Hall–Kier alpha value is -3.11. The average Bonchev–Trinajstić information content (AvgIpc) is 3.23. The highest BCUT2D eigenvalue weighted by Crippen LogP contribution is 2.43. The number of hydrogen-bond acceptors (Lipinski definition) is 9. The van der Waals surface area contributed by atoms with Crippen LogP contribution in [0.5, 0.6) is 0 Å². The zero-order valence-electron chi connectivity index (χ0n) is 37.3. The van der Waals surface area contributed by atoms with E-state index in [-0.39, 0.29) is 32.6 Å². The van der Waals surface area contributed by atoms with Gasteiger partial charge in [0.2, 0.25) is 0 Å². The minimum atomic E-state index is -4.44. The maximum Gasteiger partial charge on any atom is 0.472 e. The molecule has 60 heavy (non-hydrogen) atoms. The number of carbonyl (C=O) groups excluding carboxylic acids is 2. The van der Waals surface area contributed by atoms with Crippen molar-refractivity contribution in [1.82, 2.24) is 0 Å². The maximum atomic E-state index is 12.6. The Balaban J connectivity index is 4.35. The van der Waals surface area contributed by atoms with Gasteiger partial charge in [0.25, 0.3) is 0 Å². The summed E-state index contributed by atoms with van der Waals surface area (Å²) in [5.41, 5.74) is 5.34. The molecule has 11 heteroatoms. The van der Waals surface area contributed by atoms with Gasteiger partial charge < -0.3 is 25.2 Å². The molecule has 0 fully saturated rings. The number of hydrogen-bond donors (Lipinski definition) is 3.